The Labute approximate surface area is 216 Å². The third-order valence-electron chi connectivity index (χ3n) is 6.11. The van der Waals surface area contributed by atoms with Crippen LogP contribution in [-0.4, -0.2) is 42.8 Å². The van der Waals surface area contributed by atoms with Crippen LogP contribution in [0.3, 0.4) is 0 Å². The van der Waals surface area contributed by atoms with Crippen molar-refractivity contribution in [3.8, 4) is 0 Å². The zero-order valence-corrected chi connectivity index (χ0v) is 21.6. The Morgan fingerprint density at radius 1 is 0.917 bits per heavy atom. The maximum atomic E-state index is 12.8. The number of ether oxygens (including phenoxy) is 2. The molecular formula is C27H31NO6S2. The molecule has 0 aromatic heterocycles. The van der Waals surface area contributed by atoms with Gasteiger partial charge < -0.3 is 19.7 Å². The van der Waals surface area contributed by atoms with Crippen LogP contribution >= 0.6 is 11.8 Å². The number of sulfonamides is 1. The van der Waals surface area contributed by atoms with Gasteiger partial charge in [-0.3, -0.25) is 4.72 Å². The Bertz CT molecular complexity index is 1220. The molecule has 4 atom stereocenters. The summed E-state index contributed by atoms with van der Waals surface area (Å²) in [6, 6.07) is 22.9. The zero-order chi connectivity index (χ0) is 25.5. The van der Waals surface area contributed by atoms with Gasteiger partial charge >= 0.3 is 0 Å². The standard InChI is InChI=1S/C27H31NO6S2/c1-19-25(18-35-15-14-29)33-27(34-26(19)21-12-10-20(17-30)11-13-21)22-6-5-7-23(16-22)28-36(31,32)24-8-3-2-4-9-24/h2-13,16,19,25-30H,14-15,17-18H2,1H3. The highest BCUT2D eigenvalue weighted by atomic mass is 32.2. The molecular weight excluding hydrogens is 498 g/mol. The second-order valence-electron chi connectivity index (χ2n) is 8.66. The molecule has 1 saturated heterocycles. The van der Waals surface area contributed by atoms with Crippen LogP contribution in [0, 0.1) is 5.92 Å². The number of thioether (sulfide) groups is 1. The summed E-state index contributed by atoms with van der Waals surface area (Å²) in [5, 5.41) is 18.6. The molecule has 1 heterocycles. The van der Waals surface area contributed by atoms with Crippen molar-refractivity contribution in [2.75, 3.05) is 22.8 Å². The van der Waals surface area contributed by atoms with E-state index >= 15 is 0 Å². The fraction of sp³-hybridized carbons (Fsp3) is 0.333. The molecule has 4 rings (SSSR count). The van der Waals surface area contributed by atoms with Crippen molar-refractivity contribution >= 4 is 27.5 Å². The van der Waals surface area contributed by atoms with Gasteiger partial charge in [-0.25, -0.2) is 8.42 Å². The number of nitrogens with one attached hydrogen (secondary N) is 1. The molecule has 0 saturated carbocycles. The normalized spacial score (nSPS) is 22.3. The summed E-state index contributed by atoms with van der Waals surface area (Å²) in [4.78, 5) is 0.182. The number of anilines is 1. The Morgan fingerprint density at radius 3 is 2.36 bits per heavy atom. The van der Waals surface area contributed by atoms with Crippen LogP contribution < -0.4 is 4.72 Å². The van der Waals surface area contributed by atoms with Gasteiger partial charge in [0, 0.05) is 28.7 Å². The lowest BCUT2D eigenvalue weighted by Crippen LogP contribution is -2.38. The average Bonchev–Trinajstić information content (AvgIpc) is 2.90. The average molecular weight is 530 g/mol. The summed E-state index contributed by atoms with van der Waals surface area (Å²) in [7, 11) is -3.73. The second-order valence-corrected chi connectivity index (χ2v) is 11.5. The van der Waals surface area contributed by atoms with Gasteiger partial charge in [0.25, 0.3) is 10.0 Å². The van der Waals surface area contributed by atoms with Crippen LogP contribution in [0.25, 0.3) is 0 Å². The molecule has 3 N–H and O–H groups in total. The van der Waals surface area contributed by atoms with E-state index in [0.717, 1.165) is 11.1 Å². The lowest BCUT2D eigenvalue weighted by molar-refractivity contribution is -0.268. The SMILES string of the molecule is CC1C(CSCCO)OC(c2cccc(NS(=O)(=O)c3ccccc3)c2)OC1c1ccc(CO)cc1. The van der Waals surface area contributed by atoms with Crippen molar-refractivity contribution in [2.24, 2.45) is 5.92 Å². The largest absolute Gasteiger partial charge is 0.396 e. The molecule has 36 heavy (non-hydrogen) atoms. The summed E-state index contributed by atoms with van der Waals surface area (Å²) < 4.78 is 41.0. The van der Waals surface area contributed by atoms with E-state index in [1.54, 1.807) is 60.3 Å². The van der Waals surface area contributed by atoms with Crippen molar-refractivity contribution in [1.82, 2.24) is 0 Å². The second kappa shape index (κ2) is 12.2. The van der Waals surface area contributed by atoms with Crippen LogP contribution in [0.15, 0.2) is 83.8 Å². The van der Waals surface area contributed by atoms with Gasteiger partial charge in [-0.2, -0.15) is 11.8 Å². The van der Waals surface area contributed by atoms with E-state index in [4.69, 9.17) is 9.47 Å². The van der Waals surface area contributed by atoms with Crippen LogP contribution in [0.2, 0.25) is 0 Å². The molecule has 4 unspecified atom stereocenters. The summed E-state index contributed by atoms with van der Waals surface area (Å²) in [6.45, 7) is 2.15. The first-order chi connectivity index (χ1) is 17.4. The van der Waals surface area contributed by atoms with E-state index in [9.17, 15) is 18.6 Å². The molecule has 1 fully saturated rings. The Morgan fingerprint density at radius 2 is 1.67 bits per heavy atom. The van der Waals surface area contributed by atoms with E-state index in [1.165, 1.54) is 0 Å². The Balaban J connectivity index is 1.59. The minimum atomic E-state index is -3.73. The lowest BCUT2D eigenvalue weighted by atomic mass is 9.91. The minimum Gasteiger partial charge on any atom is -0.396 e. The summed E-state index contributed by atoms with van der Waals surface area (Å²) in [5.74, 6) is 1.34. The van der Waals surface area contributed by atoms with Gasteiger partial charge in [-0.1, -0.05) is 61.5 Å². The molecule has 1 aliphatic heterocycles. The van der Waals surface area contributed by atoms with Crippen molar-refractivity contribution in [1.29, 1.82) is 0 Å². The van der Waals surface area contributed by atoms with E-state index in [2.05, 4.69) is 11.6 Å². The van der Waals surface area contributed by atoms with E-state index < -0.39 is 16.3 Å². The maximum absolute atomic E-state index is 12.8. The number of aliphatic hydroxyl groups is 2. The number of hydrogen-bond acceptors (Lipinski definition) is 7. The van der Waals surface area contributed by atoms with Crippen molar-refractivity contribution in [3.05, 3.63) is 95.6 Å². The van der Waals surface area contributed by atoms with Crippen molar-refractivity contribution in [3.63, 3.8) is 0 Å². The number of benzene rings is 3. The van der Waals surface area contributed by atoms with Crippen LogP contribution in [-0.2, 0) is 26.1 Å². The van der Waals surface area contributed by atoms with Gasteiger partial charge in [0.05, 0.1) is 30.3 Å². The van der Waals surface area contributed by atoms with Crippen molar-refractivity contribution < 1.29 is 28.1 Å². The Hall–Kier alpha value is -2.40. The highest BCUT2D eigenvalue weighted by Crippen LogP contribution is 2.42. The predicted molar refractivity (Wildman–Crippen MR) is 141 cm³/mol. The first-order valence-corrected chi connectivity index (χ1v) is 14.4. The number of rotatable bonds is 10. The highest BCUT2D eigenvalue weighted by molar-refractivity contribution is 7.99. The molecule has 9 heteroatoms. The van der Waals surface area contributed by atoms with Crippen LogP contribution in [0.1, 0.15) is 36.0 Å². The molecule has 3 aromatic carbocycles. The van der Waals surface area contributed by atoms with E-state index in [-0.39, 0.29) is 36.2 Å². The van der Waals surface area contributed by atoms with Gasteiger partial charge in [0.2, 0.25) is 0 Å². The highest BCUT2D eigenvalue weighted by Gasteiger charge is 2.38. The number of hydrogen-bond donors (Lipinski definition) is 3. The first kappa shape index (κ1) is 26.7. The Kier molecular flexibility index (Phi) is 9.05. The van der Waals surface area contributed by atoms with Gasteiger partial charge in [-0.15, -0.1) is 0 Å². The molecule has 7 nitrogen and oxygen atoms in total. The number of aliphatic hydroxyl groups excluding tert-OH is 2. The first-order valence-electron chi connectivity index (χ1n) is 11.8. The molecule has 0 spiro atoms. The zero-order valence-electron chi connectivity index (χ0n) is 20.0. The van der Waals surface area contributed by atoms with E-state index in [1.807, 2.05) is 30.3 Å². The summed E-state index contributed by atoms with van der Waals surface area (Å²) >= 11 is 1.62. The minimum absolute atomic E-state index is 0.0286. The van der Waals surface area contributed by atoms with Gasteiger partial charge in [-0.05, 0) is 35.4 Å². The molecule has 0 bridgehead atoms. The molecule has 0 radical (unpaired) electrons. The molecule has 0 aliphatic carbocycles. The fourth-order valence-electron chi connectivity index (χ4n) is 4.14. The third-order valence-corrected chi connectivity index (χ3v) is 8.54. The molecule has 3 aromatic rings. The predicted octanol–water partition coefficient (Wildman–Crippen LogP) is 4.50. The summed E-state index contributed by atoms with van der Waals surface area (Å²) in [6.07, 6.45) is -1.11. The third kappa shape index (κ3) is 6.47. The maximum Gasteiger partial charge on any atom is 0.261 e. The quantitative estimate of drug-likeness (QED) is 0.332. The van der Waals surface area contributed by atoms with Gasteiger partial charge in [0.1, 0.15) is 0 Å². The van der Waals surface area contributed by atoms with Crippen molar-refractivity contribution in [2.45, 2.75) is 36.9 Å². The summed E-state index contributed by atoms with van der Waals surface area (Å²) in [5.41, 5.74) is 2.91. The fourth-order valence-corrected chi connectivity index (χ4v) is 6.12. The lowest BCUT2D eigenvalue weighted by Gasteiger charge is -2.41. The molecule has 0 amide bonds. The van der Waals surface area contributed by atoms with Crippen LogP contribution in [0.4, 0.5) is 5.69 Å². The van der Waals surface area contributed by atoms with Gasteiger partial charge in [0.15, 0.2) is 6.29 Å². The smallest absolute Gasteiger partial charge is 0.261 e. The van der Waals surface area contributed by atoms with E-state index in [0.29, 0.717) is 22.8 Å². The topological polar surface area (TPSA) is 105 Å². The molecule has 1 aliphatic rings. The van der Waals surface area contributed by atoms with Crippen LogP contribution in [0.5, 0.6) is 0 Å². The monoisotopic (exact) mass is 529 g/mol. The molecule has 192 valence electrons.